The van der Waals surface area contributed by atoms with Crippen molar-refractivity contribution >= 4 is 28.3 Å². The van der Waals surface area contributed by atoms with Gasteiger partial charge in [-0.05, 0) is 24.6 Å². The quantitative estimate of drug-likeness (QED) is 0.696. The maximum Gasteiger partial charge on any atom is 0.157 e. The van der Waals surface area contributed by atoms with E-state index in [1.54, 1.807) is 6.26 Å². The van der Waals surface area contributed by atoms with Crippen molar-refractivity contribution in [3.05, 3.63) is 41.6 Å². The van der Waals surface area contributed by atoms with Gasteiger partial charge in [0, 0.05) is 23.5 Å². The highest BCUT2D eigenvalue weighted by molar-refractivity contribution is 6.31. The van der Waals surface area contributed by atoms with Crippen LogP contribution in [0.15, 0.2) is 41.0 Å². The fourth-order valence-corrected chi connectivity index (χ4v) is 2.34. The SMILES string of the molecule is Clc1cc(N2CC=CCC2)c2occc2c1. The van der Waals surface area contributed by atoms with Gasteiger partial charge in [0.15, 0.2) is 5.58 Å². The average molecular weight is 234 g/mol. The van der Waals surface area contributed by atoms with Crippen molar-refractivity contribution in [3.8, 4) is 0 Å². The summed E-state index contributed by atoms with van der Waals surface area (Å²) in [4.78, 5) is 2.29. The van der Waals surface area contributed by atoms with Gasteiger partial charge in [-0.25, -0.2) is 0 Å². The zero-order chi connectivity index (χ0) is 11.0. The molecule has 0 spiro atoms. The fraction of sp³-hybridized carbons (Fsp3) is 0.231. The number of anilines is 1. The molecule has 0 aliphatic carbocycles. The molecule has 1 aromatic heterocycles. The lowest BCUT2D eigenvalue weighted by atomic mass is 10.2. The van der Waals surface area contributed by atoms with Crippen molar-refractivity contribution < 1.29 is 4.42 Å². The van der Waals surface area contributed by atoms with Crippen LogP contribution < -0.4 is 4.90 Å². The van der Waals surface area contributed by atoms with Crippen LogP contribution in [0.5, 0.6) is 0 Å². The van der Waals surface area contributed by atoms with E-state index in [9.17, 15) is 0 Å². The van der Waals surface area contributed by atoms with Crippen LogP contribution in [-0.4, -0.2) is 13.1 Å². The van der Waals surface area contributed by atoms with Crippen LogP contribution in [0.3, 0.4) is 0 Å². The Hall–Kier alpha value is -1.41. The summed E-state index contributed by atoms with van der Waals surface area (Å²) in [6.45, 7) is 1.95. The monoisotopic (exact) mass is 233 g/mol. The molecule has 16 heavy (non-hydrogen) atoms. The number of fused-ring (bicyclic) bond motifs is 1. The van der Waals surface area contributed by atoms with Crippen LogP contribution in [0.25, 0.3) is 11.0 Å². The minimum Gasteiger partial charge on any atom is -0.462 e. The average Bonchev–Trinajstić information content (AvgIpc) is 2.77. The second-order valence-corrected chi connectivity index (χ2v) is 4.41. The zero-order valence-electron chi connectivity index (χ0n) is 8.82. The van der Waals surface area contributed by atoms with Crippen molar-refractivity contribution in [1.29, 1.82) is 0 Å². The highest BCUT2D eigenvalue weighted by atomic mass is 35.5. The van der Waals surface area contributed by atoms with Gasteiger partial charge in [0.25, 0.3) is 0 Å². The van der Waals surface area contributed by atoms with Gasteiger partial charge in [-0.2, -0.15) is 0 Å². The van der Waals surface area contributed by atoms with E-state index in [-0.39, 0.29) is 0 Å². The van der Waals surface area contributed by atoms with E-state index in [1.807, 2.05) is 18.2 Å². The molecule has 1 aromatic carbocycles. The molecule has 3 rings (SSSR count). The molecule has 0 N–H and O–H groups in total. The third-order valence-corrected chi connectivity index (χ3v) is 3.11. The Morgan fingerprint density at radius 3 is 3.00 bits per heavy atom. The summed E-state index contributed by atoms with van der Waals surface area (Å²) in [6.07, 6.45) is 7.18. The van der Waals surface area contributed by atoms with Crippen LogP contribution in [0.1, 0.15) is 6.42 Å². The maximum absolute atomic E-state index is 6.11. The lowest BCUT2D eigenvalue weighted by Crippen LogP contribution is -2.26. The van der Waals surface area contributed by atoms with E-state index in [1.165, 1.54) is 0 Å². The predicted molar refractivity (Wildman–Crippen MR) is 67.2 cm³/mol. The molecule has 0 radical (unpaired) electrons. The molecule has 0 saturated carbocycles. The summed E-state index contributed by atoms with van der Waals surface area (Å²) in [7, 11) is 0. The van der Waals surface area contributed by atoms with E-state index in [0.29, 0.717) is 0 Å². The van der Waals surface area contributed by atoms with Gasteiger partial charge in [-0.3, -0.25) is 0 Å². The normalized spacial score (nSPS) is 15.9. The summed E-state index contributed by atoms with van der Waals surface area (Å²) in [6, 6.07) is 5.86. The molecular formula is C13H12ClNO. The Morgan fingerprint density at radius 1 is 1.25 bits per heavy atom. The lowest BCUT2D eigenvalue weighted by Gasteiger charge is -2.25. The van der Waals surface area contributed by atoms with Crippen LogP contribution in [-0.2, 0) is 0 Å². The van der Waals surface area contributed by atoms with Crippen molar-refractivity contribution in [2.75, 3.05) is 18.0 Å². The lowest BCUT2D eigenvalue weighted by molar-refractivity contribution is 0.613. The fourth-order valence-electron chi connectivity index (χ4n) is 2.12. The molecule has 2 aromatic rings. The van der Waals surface area contributed by atoms with Gasteiger partial charge in [0.1, 0.15) is 0 Å². The second kappa shape index (κ2) is 3.87. The molecule has 0 unspecified atom stereocenters. The van der Waals surface area contributed by atoms with Crippen LogP contribution in [0.2, 0.25) is 5.02 Å². The first-order chi connectivity index (χ1) is 7.84. The topological polar surface area (TPSA) is 16.4 Å². The first-order valence-electron chi connectivity index (χ1n) is 5.41. The summed E-state index contributed by atoms with van der Waals surface area (Å²) < 4.78 is 5.53. The number of benzene rings is 1. The molecule has 0 saturated heterocycles. The smallest absolute Gasteiger partial charge is 0.157 e. The third kappa shape index (κ3) is 1.59. The molecule has 3 heteroatoms. The molecule has 1 aliphatic heterocycles. The number of nitrogens with zero attached hydrogens (tertiary/aromatic N) is 1. The maximum atomic E-state index is 6.11. The van der Waals surface area contributed by atoms with Gasteiger partial charge in [-0.1, -0.05) is 23.8 Å². The first kappa shape index (κ1) is 9.79. The summed E-state index contributed by atoms with van der Waals surface area (Å²) in [5.41, 5.74) is 2.02. The second-order valence-electron chi connectivity index (χ2n) is 3.97. The molecule has 82 valence electrons. The van der Waals surface area contributed by atoms with Gasteiger partial charge < -0.3 is 9.32 Å². The third-order valence-electron chi connectivity index (χ3n) is 2.90. The molecule has 0 amide bonds. The Morgan fingerprint density at radius 2 is 2.19 bits per heavy atom. The highest BCUT2D eigenvalue weighted by Gasteiger charge is 2.14. The number of hydrogen-bond acceptors (Lipinski definition) is 2. The Kier molecular flexibility index (Phi) is 2.37. The van der Waals surface area contributed by atoms with E-state index in [4.69, 9.17) is 16.0 Å². The molecule has 2 heterocycles. The Labute approximate surface area is 99.1 Å². The molecule has 1 aliphatic rings. The Bertz CT molecular complexity index is 544. The Balaban J connectivity index is 2.13. The van der Waals surface area contributed by atoms with Crippen LogP contribution in [0.4, 0.5) is 5.69 Å². The molecule has 0 bridgehead atoms. The van der Waals surface area contributed by atoms with Crippen molar-refractivity contribution in [3.63, 3.8) is 0 Å². The van der Waals surface area contributed by atoms with Gasteiger partial charge in [0.2, 0.25) is 0 Å². The zero-order valence-corrected chi connectivity index (χ0v) is 9.57. The van der Waals surface area contributed by atoms with Gasteiger partial charge in [-0.15, -0.1) is 0 Å². The highest BCUT2D eigenvalue weighted by Crippen LogP contribution is 2.32. The molecular weight excluding hydrogens is 222 g/mol. The van der Waals surface area contributed by atoms with Gasteiger partial charge >= 0.3 is 0 Å². The first-order valence-corrected chi connectivity index (χ1v) is 5.79. The number of furan rings is 1. The van der Waals surface area contributed by atoms with Gasteiger partial charge in [0.05, 0.1) is 12.0 Å². The summed E-state index contributed by atoms with van der Waals surface area (Å²) in [5, 5.41) is 1.83. The minimum absolute atomic E-state index is 0.762. The van der Waals surface area contributed by atoms with Crippen molar-refractivity contribution in [1.82, 2.24) is 0 Å². The molecule has 0 fully saturated rings. The molecule has 2 nitrogen and oxygen atoms in total. The van der Waals surface area contributed by atoms with E-state index in [0.717, 1.165) is 41.2 Å². The summed E-state index contributed by atoms with van der Waals surface area (Å²) in [5.74, 6) is 0. The summed E-state index contributed by atoms with van der Waals surface area (Å²) >= 11 is 6.11. The van der Waals surface area contributed by atoms with Crippen LogP contribution >= 0.6 is 11.6 Å². The standard InChI is InChI=1S/C13H12ClNO/c14-11-8-10-4-7-16-13(10)12(9-11)15-5-2-1-3-6-15/h1-2,4,7-9H,3,5-6H2. The number of hydrogen-bond donors (Lipinski definition) is 0. The van der Waals surface area contributed by atoms with E-state index >= 15 is 0 Å². The number of rotatable bonds is 1. The van der Waals surface area contributed by atoms with Crippen LogP contribution in [0, 0.1) is 0 Å². The van der Waals surface area contributed by atoms with Crippen molar-refractivity contribution in [2.45, 2.75) is 6.42 Å². The van der Waals surface area contributed by atoms with E-state index in [2.05, 4.69) is 17.1 Å². The largest absolute Gasteiger partial charge is 0.462 e. The predicted octanol–water partition coefficient (Wildman–Crippen LogP) is 3.85. The van der Waals surface area contributed by atoms with Crippen molar-refractivity contribution in [2.24, 2.45) is 0 Å². The molecule has 0 atom stereocenters. The number of halogens is 1. The minimum atomic E-state index is 0.762. The van der Waals surface area contributed by atoms with E-state index < -0.39 is 0 Å².